The summed E-state index contributed by atoms with van der Waals surface area (Å²) in [5.41, 5.74) is 3.76. The van der Waals surface area contributed by atoms with Gasteiger partial charge in [-0.3, -0.25) is 9.59 Å². The highest BCUT2D eigenvalue weighted by molar-refractivity contribution is 5.79. The number of carbonyl (C=O) groups excluding carboxylic acids is 2. The molecule has 0 radical (unpaired) electrons. The van der Waals surface area contributed by atoms with Gasteiger partial charge in [-0.2, -0.15) is 0 Å². The average molecular weight is 453 g/mol. The summed E-state index contributed by atoms with van der Waals surface area (Å²) in [6.45, 7) is 4.01. The lowest BCUT2D eigenvalue weighted by Crippen LogP contribution is -2.38. The summed E-state index contributed by atoms with van der Waals surface area (Å²) < 4.78 is 5.51. The Balaban J connectivity index is 1.32. The van der Waals surface area contributed by atoms with Gasteiger partial charge >= 0.3 is 12.1 Å². The summed E-state index contributed by atoms with van der Waals surface area (Å²) in [5.74, 6) is -1.07. The molecule has 2 aromatic rings. The van der Waals surface area contributed by atoms with E-state index in [0.29, 0.717) is 19.4 Å². The third-order valence-electron chi connectivity index (χ3n) is 6.00. The predicted octanol–water partition coefficient (Wildman–Crippen LogP) is 4.31. The number of aliphatic carboxylic acids is 1. The van der Waals surface area contributed by atoms with Crippen LogP contribution in [0.2, 0.25) is 0 Å². The second kappa shape index (κ2) is 11.0. The first-order valence-corrected chi connectivity index (χ1v) is 11.4. The molecule has 1 aliphatic rings. The summed E-state index contributed by atoms with van der Waals surface area (Å²) in [6, 6.07) is 16.4. The third kappa shape index (κ3) is 6.34. The van der Waals surface area contributed by atoms with Gasteiger partial charge < -0.3 is 20.5 Å². The quantitative estimate of drug-likeness (QED) is 0.441. The minimum atomic E-state index is -0.984. The van der Waals surface area contributed by atoms with Crippen LogP contribution in [-0.4, -0.2) is 42.8 Å². The van der Waals surface area contributed by atoms with Crippen LogP contribution >= 0.6 is 0 Å². The molecule has 0 saturated carbocycles. The standard InChI is InChI=1S/C26H32N2O5/c1-26(2,24(30)31)17-28-23(29)14-4-3-9-15-27-25(32)33-16-22-20-12-7-5-10-18(20)19-11-6-8-13-21(19)22/h5-8,10-13,22H,3-4,9,14-17H2,1-2H3,(H,27,32)(H,28,29)(H,30,31). The molecule has 0 heterocycles. The molecule has 3 rings (SSSR count). The van der Waals surface area contributed by atoms with Crippen molar-refractivity contribution in [2.24, 2.45) is 5.41 Å². The van der Waals surface area contributed by atoms with E-state index in [4.69, 9.17) is 9.84 Å². The second-order valence-electron chi connectivity index (χ2n) is 9.03. The zero-order valence-electron chi connectivity index (χ0n) is 19.2. The Labute approximate surface area is 194 Å². The van der Waals surface area contributed by atoms with Gasteiger partial charge in [0.1, 0.15) is 6.61 Å². The van der Waals surface area contributed by atoms with Gasteiger partial charge in [0, 0.05) is 25.4 Å². The fraction of sp³-hybridized carbons (Fsp3) is 0.423. The van der Waals surface area contributed by atoms with Crippen molar-refractivity contribution in [3.8, 4) is 11.1 Å². The monoisotopic (exact) mass is 452 g/mol. The van der Waals surface area contributed by atoms with Gasteiger partial charge in [0.15, 0.2) is 0 Å². The smallest absolute Gasteiger partial charge is 0.407 e. The molecule has 0 atom stereocenters. The first kappa shape index (κ1) is 24.3. The van der Waals surface area contributed by atoms with Gasteiger partial charge in [-0.05, 0) is 48.9 Å². The van der Waals surface area contributed by atoms with E-state index < -0.39 is 17.5 Å². The number of fused-ring (bicyclic) bond motifs is 3. The van der Waals surface area contributed by atoms with Crippen LogP contribution in [-0.2, 0) is 14.3 Å². The number of hydrogen-bond acceptors (Lipinski definition) is 4. The van der Waals surface area contributed by atoms with E-state index >= 15 is 0 Å². The Morgan fingerprint density at radius 1 is 0.909 bits per heavy atom. The fourth-order valence-corrected chi connectivity index (χ4v) is 3.91. The maximum absolute atomic E-state index is 12.2. The second-order valence-corrected chi connectivity index (χ2v) is 9.03. The molecule has 7 nitrogen and oxygen atoms in total. The van der Waals surface area contributed by atoms with E-state index in [9.17, 15) is 14.4 Å². The molecule has 2 aromatic carbocycles. The van der Waals surface area contributed by atoms with Crippen molar-refractivity contribution in [2.45, 2.75) is 45.4 Å². The summed E-state index contributed by atoms with van der Waals surface area (Å²) in [4.78, 5) is 35.1. The van der Waals surface area contributed by atoms with Crippen LogP contribution in [0, 0.1) is 5.41 Å². The van der Waals surface area contributed by atoms with Gasteiger partial charge in [-0.1, -0.05) is 55.0 Å². The van der Waals surface area contributed by atoms with Crippen LogP contribution < -0.4 is 10.6 Å². The van der Waals surface area contributed by atoms with Crippen molar-refractivity contribution in [2.75, 3.05) is 19.7 Å². The maximum Gasteiger partial charge on any atom is 0.407 e. The van der Waals surface area contributed by atoms with E-state index in [1.807, 2.05) is 24.3 Å². The topological polar surface area (TPSA) is 105 Å². The molecule has 0 unspecified atom stereocenters. The molecule has 7 heteroatoms. The van der Waals surface area contributed by atoms with Gasteiger partial charge in [0.05, 0.1) is 5.41 Å². The molecule has 176 valence electrons. The number of unbranched alkanes of at least 4 members (excludes halogenated alkanes) is 2. The molecule has 1 aliphatic carbocycles. The number of benzene rings is 2. The van der Waals surface area contributed by atoms with Crippen LogP contribution in [0.3, 0.4) is 0 Å². The van der Waals surface area contributed by atoms with E-state index in [1.54, 1.807) is 13.8 Å². The molecule has 33 heavy (non-hydrogen) atoms. The number of carboxylic acids is 1. The molecular formula is C26H32N2O5. The van der Waals surface area contributed by atoms with Crippen molar-refractivity contribution in [1.29, 1.82) is 0 Å². The molecule has 0 saturated heterocycles. The van der Waals surface area contributed by atoms with Gasteiger partial charge in [-0.25, -0.2) is 4.79 Å². The zero-order chi connectivity index (χ0) is 23.8. The Hall–Kier alpha value is -3.35. The Morgan fingerprint density at radius 3 is 2.12 bits per heavy atom. The summed E-state index contributed by atoms with van der Waals surface area (Å²) in [5, 5.41) is 14.5. The Kier molecular flexibility index (Phi) is 8.09. The first-order valence-electron chi connectivity index (χ1n) is 11.4. The normalized spacial score (nSPS) is 12.5. The number of carbonyl (C=O) groups is 3. The fourth-order valence-electron chi connectivity index (χ4n) is 3.91. The molecule has 0 fully saturated rings. The number of alkyl carbamates (subject to hydrolysis) is 1. The highest BCUT2D eigenvalue weighted by Gasteiger charge is 2.29. The number of rotatable bonds is 11. The van der Waals surface area contributed by atoms with Gasteiger partial charge in [-0.15, -0.1) is 0 Å². The highest BCUT2D eigenvalue weighted by Crippen LogP contribution is 2.44. The van der Waals surface area contributed by atoms with Crippen LogP contribution in [0.25, 0.3) is 11.1 Å². The third-order valence-corrected chi connectivity index (χ3v) is 6.00. The van der Waals surface area contributed by atoms with Gasteiger partial charge in [0.25, 0.3) is 0 Å². The molecule has 3 N–H and O–H groups in total. The average Bonchev–Trinajstić information content (AvgIpc) is 3.12. The van der Waals surface area contributed by atoms with Crippen molar-refractivity contribution >= 4 is 18.0 Å². The van der Waals surface area contributed by atoms with E-state index in [1.165, 1.54) is 22.3 Å². The summed E-state index contributed by atoms with van der Waals surface area (Å²) in [6.07, 6.45) is 2.08. The number of carboxylic acid groups (broad SMARTS) is 1. The van der Waals surface area contributed by atoms with Crippen LogP contribution in [0.15, 0.2) is 48.5 Å². The summed E-state index contributed by atoms with van der Waals surface area (Å²) >= 11 is 0. The molecule has 2 amide bonds. The van der Waals surface area contributed by atoms with E-state index in [0.717, 1.165) is 12.8 Å². The van der Waals surface area contributed by atoms with Crippen LogP contribution in [0.4, 0.5) is 4.79 Å². The lowest BCUT2D eigenvalue weighted by molar-refractivity contribution is -0.146. The number of ether oxygens (including phenoxy) is 1. The molecule has 0 aromatic heterocycles. The van der Waals surface area contributed by atoms with Crippen molar-refractivity contribution in [1.82, 2.24) is 10.6 Å². The maximum atomic E-state index is 12.2. The Bertz CT molecular complexity index is 956. The minimum Gasteiger partial charge on any atom is -0.481 e. The minimum absolute atomic E-state index is 0.0350. The summed E-state index contributed by atoms with van der Waals surface area (Å²) in [7, 11) is 0. The number of hydrogen-bond donors (Lipinski definition) is 3. The van der Waals surface area contributed by atoms with Crippen molar-refractivity contribution in [3.63, 3.8) is 0 Å². The lowest BCUT2D eigenvalue weighted by Gasteiger charge is -2.19. The van der Waals surface area contributed by atoms with E-state index in [2.05, 4.69) is 34.9 Å². The van der Waals surface area contributed by atoms with E-state index in [-0.39, 0.29) is 25.0 Å². The largest absolute Gasteiger partial charge is 0.481 e. The van der Waals surface area contributed by atoms with Gasteiger partial charge in [0.2, 0.25) is 5.91 Å². The predicted molar refractivity (Wildman–Crippen MR) is 126 cm³/mol. The van der Waals surface area contributed by atoms with Crippen LogP contribution in [0.1, 0.15) is 56.6 Å². The number of amides is 2. The molecule has 0 aliphatic heterocycles. The zero-order valence-corrected chi connectivity index (χ0v) is 19.2. The van der Waals surface area contributed by atoms with Crippen molar-refractivity contribution in [3.05, 3.63) is 59.7 Å². The SMILES string of the molecule is CC(C)(CNC(=O)CCCCCNC(=O)OCC1c2ccccc2-c2ccccc21)C(=O)O. The molecular weight excluding hydrogens is 420 g/mol. The Morgan fingerprint density at radius 2 is 1.52 bits per heavy atom. The molecule has 0 spiro atoms. The lowest BCUT2D eigenvalue weighted by atomic mass is 9.94. The number of nitrogens with one attached hydrogen (secondary N) is 2. The van der Waals surface area contributed by atoms with Crippen molar-refractivity contribution < 1.29 is 24.2 Å². The van der Waals surface area contributed by atoms with Crippen LogP contribution in [0.5, 0.6) is 0 Å². The highest BCUT2D eigenvalue weighted by atomic mass is 16.5. The first-order chi connectivity index (χ1) is 15.8. The molecule has 0 bridgehead atoms.